The number of amides is 2. The van der Waals surface area contributed by atoms with Crippen molar-refractivity contribution in [3.63, 3.8) is 0 Å². The van der Waals surface area contributed by atoms with Gasteiger partial charge in [-0.2, -0.15) is 0 Å². The minimum absolute atomic E-state index is 0.143. The molecule has 2 amide bonds. The third kappa shape index (κ3) is 6.25. The summed E-state index contributed by atoms with van der Waals surface area (Å²) in [5.74, 6) is 0.554. The molecular weight excluding hydrogens is 240 g/mol. The molecule has 1 rings (SSSR count). The first-order valence-electron chi connectivity index (χ1n) is 6.73. The molecule has 0 atom stereocenters. The molecule has 2 N–H and O–H groups in total. The summed E-state index contributed by atoms with van der Waals surface area (Å²) in [6.45, 7) is 6.07. The fourth-order valence-electron chi connectivity index (χ4n) is 1.72. The van der Waals surface area contributed by atoms with Gasteiger partial charge in [-0.3, -0.25) is 0 Å². The zero-order chi connectivity index (χ0) is 14.1. The summed E-state index contributed by atoms with van der Waals surface area (Å²) in [7, 11) is 1.61. The molecule has 0 unspecified atom stereocenters. The Bertz CT molecular complexity index is 374. The number of ether oxygens (including phenoxy) is 1. The molecule has 0 fully saturated rings. The summed E-state index contributed by atoms with van der Waals surface area (Å²) in [4.78, 5) is 11.4. The number of carbonyl (C=O) groups excluding carboxylic acids is 1. The maximum absolute atomic E-state index is 11.4. The van der Waals surface area contributed by atoms with Crippen LogP contribution in [0.1, 0.15) is 30.9 Å². The minimum atomic E-state index is -0.143. The van der Waals surface area contributed by atoms with E-state index in [0.717, 1.165) is 6.42 Å². The van der Waals surface area contributed by atoms with Crippen LogP contribution in [0.2, 0.25) is 0 Å². The van der Waals surface area contributed by atoms with E-state index in [1.165, 1.54) is 11.1 Å². The monoisotopic (exact) mass is 264 g/mol. The molecule has 0 aliphatic rings. The fraction of sp³-hybridized carbons (Fsp3) is 0.533. The second-order valence-electron chi connectivity index (χ2n) is 4.82. The third-order valence-electron chi connectivity index (χ3n) is 2.94. The molecule has 0 aromatic heterocycles. The molecule has 0 radical (unpaired) electrons. The van der Waals surface area contributed by atoms with E-state index in [1.54, 1.807) is 7.11 Å². The number of carbonyl (C=O) groups is 1. The third-order valence-corrected chi connectivity index (χ3v) is 2.94. The average molecular weight is 264 g/mol. The Hall–Kier alpha value is -1.55. The van der Waals surface area contributed by atoms with Crippen molar-refractivity contribution in [2.75, 3.05) is 26.8 Å². The molecule has 4 nitrogen and oxygen atoms in total. The molecule has 106 valence electrons. The Morgan fingerprint density at radius 1 is 1.16 bits per heavy atom. The highest BCUT2D eigenvalue weighted by atomic mass is 16.5. The van der Waals surface area contributed by atoms with Crippen molar-refractivity contribution in [3.8, 4) is 0 Å². The predicted molar refractivity (Wildman–Crippen MR) is 77.5 cm³/mol. The maximum Gasteiger partial charge on any atom is 0.314 e. The van der Waals surface area contributed by atoms with E-state index in [2.05, 4.69) is 48.7 Å². The number of urea groups is 1. The minimum Gasteiger partial charge on any atom is -0.383 e. The van der Waals surface area contributed by atoms with Crippen LogP contribution >= 0.6 is 0 Å². The van der Waals surface area contributed by atoms with E-state index >= 15 is 0 Å². The number of hydrogen-bond donors (Lipinski definition) is 2. The van der Waals surface area contributed by atoms with Crippen molar-refractivity contribution in [1.29, 1.82) is 0 Å². The molecule has 0 aliphatic heterocycles. The zero-order valence-electron chi connectivity index (χ0n) is 12.0. The molecule has 0 spiro atoms. The van der Waals surface area contributed by atoms with Crippen molar-refractivity contribution < 1.29 is 9.53 Å². The van der Waals surface area contributed by atoms with Crippen molar-refractivity contribution >= 4 is 6.03 Å². The first kappa shape index (κ1) is 15.5. The summed E-state index contributed by atoms with van der Waals surface area (Å²) >= 11 is 0. The van der Waals surface area contributed by atoms with Crippen molar-refractivity contribution in [1.82, 2.24) is 10.6 Å². The van der Waals surface area contributed by atoms with Crippen molar-refractivity contribution in [2.24, 2.45) is 0 Å². The molecule has 0 saturated heterocycles. The van der Waals surface area contributed by atoms with Gasteiger partial charge in [-0.1, -0.05) is 38.1 Å². The van der Waals surface area contributed by atoms with E-state index in [-0.39, 0.29) is 6.03 Å². The van der Waals surface area contributed by atoms with Crippen molar-refractivity contribution in [3.05, 3.63) is 35.4 Å². The van der Waals surface area contributed by atoms with Gasteiger partial charge in [0.25, 0.3) is 0 Å². The van der Waals surface area contributed by atoms with E-state index in [4.69, 9.17) is 4.74 Å². The van der Waals surface area contributed by atoms with Crippen LogP contribution in [0.4, 0.5) is 4.79 Å². The van der Waals surface area contributed by atoms with Crippen LogP contribution in [0.25, 0.3) is 0 Å². The lowest BCUT2D eigenvalue weighted by molar-refractivity contribution is 0.196. The molecule has 0 bridgehead atoms. The van der Waals surface area contributed by atoms with Gasteiger partial charge >= 0.3 is 6.03 Å². The van der Waals surface area contributed by atoms with E-state index in [9.17, 15) is 4.79 Å². The van der Waals surface area contributed by atoms with Crippen LogP contribution in [0.3, 0.4) is 0 Å². The summed E-state index contributed by atoms with van der Waals surface area (Å²) in [6.07, 6.45) is 0.843. The number of benzene rings is 1. The lowest BCUT2D eigenvalue weighted by atomic mass is 10.0. The molecule has 19 heavy (non-hydrogen) atoms. The number of rotatable bonds is 7. The molecule has 0 aliphatic carbocycles. The van der Waals surface area contributed by atoms with Crippen LogP contribution in [0, 0.1) is 0 Å². The Balaban J connectivity index is 2.23. The van der Waals surface area contributed by atoms with Crippen LogP contribution in [0.15, 0.2) is 24.3 Å². The van der Waals surface area contributed by atoms with Gasteiger partial charge in [0, 0.05) is 20.2 Å². The maximum atomic E-state index is 11.4. The summed E-state index contributed by atoms with van der Waals surface area (Å²) in [5.41, 5.74) is 2.58. The van der Waals surface area contributed by atoms with Gasteiger partial charge in [0.1, 0.15) is 0 Å². The quantitative estimate of drug-likeness (QED) is 0.742. The molecule has 0 saturated carbocycles. The highest BCUT2D eigenvalue weighted by Crippen LogP contribution is 2.14. The lowest BCUT2D eigenvalue weighted by Crippen LogP contribution is -2.38. The number of nitrogens with one attached hydrogen (secondary N) is 2. The molecule has 1 aromatic rings. The normalized spacial score (nSPS) is 10.5. The zero-order valence-corrected chi connectivity index (χ0v) is 12.0. The van der Waals surface area contributed by atoms with Crippen LogP contribution in [-0.4, -0.2) is 32.8 Å². The largest absolute Gasteiger partial charge is 0.383 e. The lowest BCUT2D eigenvalue weighted by Gasteiger charge is -2.09. The first-order valence-corrected chi connectivity index (χ1v) is 6.73. The van der Waals surface area contributed by atoms with Gasteiger partial charge in [-0.05, 0) is 23.5 Å². The fourth-order valence-corrected chi connectivity index (χ4v) is 1.72. The summed E-state index contributed by atoms with van der Waals surface area (Å²) in [5, 5.41) is 5.54. The van der Waals surface area contributed by atoms with Crippen LogP contribution < -0.4 is 10.6 Å². The highest BCUT2D eigenvalue weighted by molar-refractivity contribution is 5.73. The van der Waals surface area contributed by atoms with Crippen molar-refractivity contribution in [2.45, 2.75) is 26.2 Å². The number of methoxy groups -OCH3 is 1. The Labute approximate surface area is 115 Å². The van der Waals surface area contributed by atoms with Crippen LogP contribution in [-0.2, 0) is 11.2 Å². The smallest absolute Gasteiger partial charge is 0.314 e. The number of hydrogen-bond acceptors (Lipinski definition) is 2. The first-order chi connectivity index (χ1) is 9.13. The van der Waals surface area contributed by atoms with Gasteiger partial charge in [-0.25, -0.2) is 4.79 Å². The molecule has 0 heterocycles. The van der Waals surface area contributed by atoms with Crippen LogP contribution in [0.5, 0.6) is 0 Å². The Morgan fingerprint density at radius 2 is 1.79 bits per heavy atom. The van der Waals surface area contributed by atoms with Gasteiger partial charge in [0.15, 0.2) is 0 Å². The SMILES string of the molecule is COCCNC(=O)NCCc1ccc(C(C)C)cc1. The van der Waals surface area contributed by atoms with E-state index in [1.807, 2.05) is 0 Å². The van der Waals surface area contributed by atoms with Gasteiger partial charge in [0.05, 0.1) is 6.61 Å². The van der Waals surface area contributed by atoms with Gasteiger partial charge in [-0.15, -0.1) is 0 Å². The van der Waals surface area contributed by atoms with Gasteiger partial charge < -0.3 is 15.4 Å². The predicted octanol–water partition coefficient (Wildman–Crippen LogP) is 2.30. The van der Waals surface area contributed by atoms with Gasteiger partial charge in [0.2, 0.25) is 0 Å². The molecule has 4 heteroatoms. The second kappa shape index (κ2) is 8.53. The van der Waals surface area contributed by atoms with E-state index in [0.29, 0.717) is 25.6 Å². The summed E-state index contributed by atoms with van der Waals surface area (Å²) in [6, 6.07) is 8.41. The molecule has 1 aromatic carbocycles. The Morgan fingerprint density at radius 3 is 2.37 bits per heavy atom. The standard InChI is InChI=1S/C15H24N2O2/c1-12(2)14-6-4-13(5-7-14)8-9-16-15(18)17-10-11-19-3/h4-7,12H,8-11H2,1-3H3,(H2,16,17,18). The summed E-state index contributed by atoms with van der Waals surface area (Å²) < 4.78 is 4.85. The highest BCUT2D eigenvalue weighted by Gasteiger charge is 2.01. The average Bonchev–Trinajstić information content (AvgIpc) is 2.39. The second-order valence-corrected chi connectivity index (χ2v) is 4.82. The Kier molecular flexibility index (Phi) is 6.97. The molecular formula is C15H24N2O2. The topological polar surface area (TPSA) is 50.4 Å². The van der Waals surface area contributed by atoms with E-state index < -0.39 is 0 Å².